The SMILES string of the molecule is CC(C)(C(=O)O)n1cc(NC(=O)c2ccc3c(c2)OCO3)cn1. The van der Waals surface area contributed by atoms with Crippen LogP contribution in [0.1, 0.15) is 24.2 Å². The summed E-state index contributed by atoms with van der Waals surface area (Å²) in [5.74, 6) is -0.261. The summed E-state index contributed by atoms with van der Waals surface area (Å²) in [6.07, 6.45) is 2.87. The molecule has 0 bridgehead atoms. The third-order valence-electron chi connectivity index (χ3n) is 3.57. The molecule has 2 N–H and O–H groups in total. The number of ether oxygens (including phenoxy) is 2. The molecule has 8 heteroatoms. The first-order valence-corrected chi connectivity index (χ1v) is 6.87. The normalized spacial score (nSPS) is 13.0. The molecule has 0 spiro atoms. The Labute approximate surface area is 131 Å². The number of aromatic nitrogens is 2. The highest BCUT2D eigenvalue weighted by Gasteiger charge is 2.30. The standard InChI is InChI=1S/C15H15N3O5/c1-15(2,14(20)21)18-7-10(6-16-18)17-13(19)9-3-4-11-12(5-9)23-8-22-11/h3-7H,8H2,1-2H3,(H,17,19)(H,20,21). The van der Waals surface area contributed by atoms with Crippen molar-refractivity contribution in [3.05, 3.63) is 36.2 Å². The Morgan fingerprint density at radius 1 is 1.30 bits per heavy atom. The van der Waals surface area contributed by atoms with Crippen LogP contribution >= 0.6 is 0 Å². The van der Waals surface area contributed by atoms with Crippen molar-refractivity contribution in [2.45, 2.75) is 19.4 Å². The van der Waals surface area contributed by atoms with E-state index >= 15 is 0 Å². The summed E-state index contributed by atoms with van der Waals surface area (Å²) < 4.78 is 11.7. The lowest BCUT2D eigenvalue weighted by Gasteiger charge is -2.19. The second kappa shape index (κ2) is 5.31. The van der Waals surface area contributed by atoms with Gasteiger partial charge in [-0.15, -0.1) is 0 Å². The molecular weight excluding hydrogens is 302 g/mol. The number of hydrogen-bond acceptors (Lipinski definition) is 5. The number of benzene rings is 1. The Bertz CT molecular complexity index is 781. The number of carbonyl (C=O) groups excluding carboxylic acids is 1. The van der Waals surface area contributed by atoms with Gasteiger partial charge in [-0.1, -0.05) is 0 Å². The summed E-state index contributed by atoms with van der Waals surface area (Å²) in [5.41, 5.74) is -0.400. The Balaban J connectivity index is 1.76. The molecule has 1 aliphatic heterocycles. The average Bonchev–Trinajstić information content (AvgIpc) is 3.14. The van der Waals surface area contributed by atoms with Crippen molar-refractivity contribution in [1.29, 1.82) is 0 Å². The number of hydrogen-bond donors (Lipinski definition) is 2. The number of rotatable bonds is 4. The lowest BCUT2D eigenvalue weighted by molar-refractivity contribution is -0.146. The van der Waals surface area contributed by atoms with Gasteiger partial charge in [0.1, 0.15) is 0 Å². The summed E-state index contributed by atoms with van der Waals surface area (Å²) in [5, 5.41) is 15.8. The van der Waals surface area contributed by atoms with E-state index in [4.69, 9.17) is 9.47 Å². The van der Waals surface area contributed by atoms with Crippen LogP contribution in [0.15, 0.2) is 30.6 Å². The maximum absolute atomic E-state index is 12.2. The fraction of sp³-hybridized carbons (Fsp3) is 0.267. The molecule has 0 radical (unpaired) electrons. The van der Waals surface area contributed by atoms with Gasteiger partial charge in [0, 0.05) is 11.8 Å². The van der Waals surface area contributed by atoms with Crippen LogP contribution in [0.5, 0.6) is 11.5 Å². The fourth-order valence-corrected chi connectivity index (χ4v) is 2.03. The van der Waals surface area contributed by atoms with Crippen molar-refractivity contribution in [2.75, 3.05) is 12.1 Å². The van der Waals surface area contributed by atoms with E-state index in [9.17, 15) is 14.7 Å². The Kier molecular flexibility index (Phi) is 3.44. The number of nitrogens with zero attached hydrogens (tertiary/aromatic N) is 2. The van der Waals surface area contributed by atoms with Crippen molar-refractivity contribution in [3.63, 3.8) is 0 Å². The van der Waals surface area contributed by atoms with E-state index < -0.39 is 11.5 Å². The van der Waals surface area contributed by atoms with Gasteiger partial charge >= 0.3 is 5.97 Å². The minimum Gasteiger partial charge on any atom is -0.479 e. The van der Waals surface area contributed by atoms with Gasteiger partial charge in [-0.05, 0) is 32.0 Å². The molecule has 120 valence electrons. The van der Waals surface area contributed by atoms with Gasteiger partial charge in [0.25, 0.3) is 5.91 Å². The molecule has 1 aromatic carbocycles. The Hall–Kier alpha value is -3.03. The molecule has 0 fully saturated rings. The third-order valence-corrected chi connectivity index (χ3v) is 3.57. The maximum atomic E-state index is 12.2. The van der Waals surface area contributed by atoms with Crippen LogP contribution in [-0.4, -0.2) is 33.6 Å². The Morgan fingerprint density at radius 2 is 2.04 bits per heavy atom. The molecule has 0 unspecified atom stereocenters. The second-order valence-corrected chi connectivity index (χ2v) is 5.56. The van der Waals surface area contributed by atoms with Crippen molar-refractivity contribution in [3.8, 4) is 11.5 Å². The minimum absolute atomic E-state index is 0.136. The van der Waals surface area contributed by atoms with E-state index in [1.165, 1.54) is 30.9 Å². The van der Waals surface area contributed by atoms with Crippen LogP contribution in [0.4, 0.5) is 5.69 Å². The second-order valence-electron chi connectivity index (χ2n) is 5.56. The molecular formula is C15H15N3O5. The number of aliphatic carboxylic acids is 1. The molecule has 1 aromatic heterocycles. The Morgan fingerprint density at radius 3 is 2.78 bits per heavy atom. The molecule has 0 atom stereocenters. The van der Waals surface area contributed by atoms with Crippen molar-refractivity contribution < 1.29 is 24.2 Å². The lowest BCUT2D eigenvalue weighted by Crippen LogP contribution is -2.35. The average molecular weight is 317 g/mol. The van der Waals surface area contributed by atoms with Crippen LogP contribution in [-0.2, 0) is 10.3 Å². The molecule has 0 saturated carbocycles. The zero-order chi connectivity index (χ0) is 16.6. The lowest BCUT2D eigenvalue weighted by atomic mass is 10.1. The molecule has 1 aliphatic rings. The van der Waals surface area contributed by atoms with Crippen molar-refractivity contribution >= 4 is 17.6 Å². The van der Waals surface area contributed by atoms with E-state index in [0.717, 1.165) is 0 Å². The molecule has 23 heavy (non-hydrogen) atoms. The quantitative estimate of drug-likeness (QED) is 0.889. The molecule has 0 aliphatic carbocycles. The molecule has 3 rings (SSSR count). The summed E-state index contributed by atoms with van der Waals surface area (Å²) in [4.78, 5) is 23.5. The van der Waals surface area contributed by atoms with Crippen molar-refractivity contribution in [1.82, 2.24) is 9.78 Å². The molecule has 0 saturated heterocycles. The third kappa shape index (κ3) is 2.70. The van der Waals surface area contributed by atoms with Crippen LogP contribution in [0.2, 0.25) is 0 Å². The zero-order valence-corrected chi connectivity index (χ0v) is 12.6. The maximum Gasteiger partial charge on any atom is 0.331 e. The van der Waals surface area contributed by atoms with Crippen LogP contribution in [0, 0.1) is 0 Å². The highest BCUT2D eigenvalue weighted by Crippen LogP contribution is 2.32. The van der Waals surface area contributed by atoms with Crippen LogP contribution < -0.4 is 14.8 Å². The van der Waals surface area contributed by atoms with Crippen LogP contribution in [0.3, 0.4) is 0 Å². The van der Waals surface area contributed by atoms with E-state index in [1.54, 1.807) is 18.2 Å². The number of nitrogens with one attached hydrogen (secondary N) is 1. The van der Waals surface area contributed by atoms with E-state index in [0.29, 0.717) is 22.7 Å². The van der Waals surface area contributed by atoms with E-state index in [1.807, 2.05) is 0 Å². The summed E-state index contributed by atoms with van der Waals surface area (Å²) in [7, 11) is 0. The van der Waals surface area contributed by atoms with Gasteiger partial charge in [-0.2, -0.15) is 5.10 Å². The predicted octanol–water partition coefficient (Wildman–Crippen LogP) is 1.68. The summed E-state index contributed by atoms with van der Waals surface area (Å²) >= 11 is 0. The fourth-order valence-electron chi connectivity index (χ4n) is 2.03. The largest absolute Gasteiger partial charge is 0.479 e. The van der Waals surface area contributed by atoms with Gasteiger partial charge in [0.2, 0.25) is 6.79 Å². The summed E-state index contributed by atoms with van der Waals surface area (Å²) in [6, 6.07) is 4.87. The highest BCUT2D eigenvalue weighted by atomic mass is 16.7. The van der Waals surface area contributed by atoms with E-state index in [2.05, 4.69) is 10.4 Å². The smallest absolute Gasteiger partial charge is 0.331 e. The van der Waals surface area contributed by atoms with Gasteiger partial charge in [0.15, 0.2) is 17.0 Å². The van der Waals surface area contributed by atoms with Gasteiger partial charge < -0.3 is 19.9 Å². The molecule has 1 amide bonds. The van der Waals surface area contributed by atoms with Crippen molar-refractivity contribution in [2.24, 2.45) is 0 Å². The first kappa shape index (κ1) is 14.9. The number of anilines is 1. The molecule has 2 heterocycles. The first-order chi connectivity index (χ1) is 10.9. The van der Waals surface area contributed by atoms with Gasteiger partial charge in [-0.25, -0.2) is 4.79 Å². The van der Waals surface area contributed by atoms with E-state index in [-0.39, 0.29) is 12.7 Å². The number of fused-ring (bicyclic) bond motifs is 1. The number of carbonyl (C=O) groups is 2. The number of carboxylic acids is 1. The predicted molar refractivity (Wildman–Crippen MR) is 79.7 cm³/mol. The highest BCUT2D eigenvalue weighted by molar-refractivity contribution is 6.04. The number of amides is 1. The minimum atomic E-state index is -1.21. The summed E-state index contributed by atoms with van der Waals surface area (Å²) in [6.45, 7) is 3.18. The topological polar surface area (TPSA) is 103 Å². The van der Waals surface area contributed by atoms with Crippen LogP contribution in [0.25, 0.3) is 0 Å². The molecule has 8 nitrogen and oxygen atoms in total. The first-order valence-electron chi connectivity index (χ1n) is 6.87. The van der Waals surface area contributed by atoms with Gasteiger partial charge in [0.05, 0.1) is 11.9 Å². The molecule has 2 aromatic rings. The van der Waals surface area contributed by atoms with Gasteiger partial charge in [-0.3, -0.25) is 9.48 Å². The zero-order valence-electron chi connectivity index (χ0n) is 12.6. The monoisotopic (exact) mass is 317 g/mol. The number of carboxylic acid groups (broad SMARTS) is 1.